The van der Waals surface area contributed by atoms with Crippen molar-refractivity contribution in [1.29, 1.82) is 0 Å². The van der Waals surface area contributed by atoms with E-state index < -0.39 is 0 Å². The number of nitrogens with zero attached hydrogens (tertiary/aromatic N) is 2. The molecule has 0 spiro atoms. The molecule has 1 aromatic carbocycles. The second kappa shape index (κ2) is 6.80. The van der Waals surface area contributed by atoms with Crippen LogP contribution in [0, 0.1) is 17.8 Å². The van der Waals surface area contributed by atoms with Gasteiger partial charge >= 0.3 is 0 Å². The molecule has 1 N–H and O–H groups in total. The summed E-state index contributed by atoms with van der Waals surface area (Å²) in [5.74, 6) is 6.96. The molecule has 2 aliphatic rings. The molecule has 3 atom stereocenters. The van der Waals surface area contributed by atoms with Crippen LogP contribution in [-0.4, -0.2) is 41.5 Å². The minimum Gasteiger partial charge on any atom is -0.346 e. The van der Waals surface area contributed by atoms with Gasteiger partial charge in [0.1, 0.15) is 5.69 Å². The van der Waals surface area contributed by atoms with E-state index >= 15 is 0 Å². The van der Waals surface area contributed by atoms with Crippen LogP contribution in [0.4, 0.5) is 0 Å². The zero-order chi connectivity index (χ0) is 18.2. The monoisotopic (exact) mass is 373 g/mol. The van der Waals surface area contributed by atoms with Crippen LogP contribution in [0.2, 0.25) is 0 Å². The average molecular weight is 373 g/mol. The van der Waals surface area contributed by atoms with E-state index in [2.05, 4.69) is 27.0 Å². The van der Waals surface area contributed by atoms with Gasteiger partial charge in [-0.15, -0.1) is 11.3 Å². The van der Waals surface area contributed by atoms with E-state index in [4.69, 9.17) is 0 Å². The predicted octanol–water partition coefficient (Wildman–Crippen LogP) is 3.13. The smallest absolute Gasteiger partial charge is 0.271 e. The molecule has 27 heavy (non-hydrogen) atoms. The normalized spacial score (nSPS) is 23.2. The van der Waals surface area contributed by atoms with E-state index in [1.807, 2.05) is 41.8 Å². The number of amides is 1. The standard InChI is InChI=1S/C22H19N3OS/c26-22(24-19-13-25-11-9-16(19)12-25)20-21-18(8-10-23-20)17(14-27-21)7-6-15-4-2-1-3-5-15/h1-5,8,10,14,16,19H,9,11-13H2,(H,24,26)/t16-,19?/m0/s1. The molecule has 0 radical (unpaired) electrons. The van der Waals surface area contributed by atoms with Gasteiger partial charge in [0.05, 0.1) is 4.70 Å². The Labute approximate surface area is 162 Å². The molecule has 2 bridgehead atoms. The Morgan fingerprint density at radius 3 is 2.85 bits per heavy atom. The fourth-order valence-corrected chi connectivity index (χ4v) is 5.05. The second-order valence-electron chi connectivity index (χ2n) is 7.19. The summed E-state index contributed by atoms with van der Waals surface area (Å²) in [6.45, 7) is 3.24. The second-order valence-corrected chi connectivity index (χ2v) is 8.07. The van der Waals surface area contributed by atoms with Gasteiger partial charge in [-0.3, -0.25) is 4.79 Å². The first-order valence-electron chi connectivity index (χ1n) is 9.24. The molecule has 1 amide bonds. The first-order chi connectivity index (χ1) is 13.3. The Bertz CT molecular complexity index is 1060. The van der Waals surface area contributed by atoms with Crippen LogP contribution >= 0.6 is 11.3 Å². The van der Waals surface area contributed by atoms with Gasteiger partial charge in [0.2, 0.25) is 0 Å². The lowest BCUT2D eigenvalue weighted by Gasteiger charge is -2.23. The van der Waals surface area contributed by atoms with E-state index in [1.165, 1.54) is 13.0 Å². The maximum absolute atomic E-state index is 12.9. The third-order valence-electron chi connectivity index (χ3n) is 5.47. The maximum Gasteiger partial charge on any atom is 0.271 e. The SMILES string of the molecule is O=C(NC1CN2CC[C@H]1C2)c1nccc2c(C#Cc3ccccc3)csc12. The maximum atomic E-state index is 12.9. The van der Waals surface area contributed by atoms with Crippen molar-refractivity contribution in [2.24, 2.45) is 5.92 Å². The summed E-state index contributed by atoms with van der Waals surface area (Å²) < 4.78 is 0.913. The van der Waals surface area contributed by atoms with Crippen LogP contribution in [-0.2, 0) is 0 Å². The molecule has 2 saturated heterocycles. The number of thiophene rings is 1. The summed E-state index contributed by atoms with van der Waals surface area (Å²) in [6.07, 6.45) is 2.89. The van der Waals surface area contributed by atoms with E-state index in [0.717, 1.165) is 34.3 Å². The van der Waals surface area contributed by atoms with Gasteiger partial charge in [0.15, 0.2) is 0 Å². The number of carbonyl (C=O) groups excluding carboxylic acids is 1. The van der Waals surface area contributed by atoms with Crippen molar-refractivity contribution in [3.8, 4) is 11.8 Å². The van der Waals surface area contributed by atoms with Gasteiger partial charge < -0.3 is 10.2 Å². The fourth-order valence-electron chi connectivity index (χ4n) is 4.06. The molecule has 2 unspecified atom stereocenters. The molecule has 5 heteroatoms. The van der Waals surface area contributed by atoms with Gasteiger partial charge in [-0.2, -0.15) is 0 Å². The number of fused-ring (bicyclic) bond motifs is 3. The van der Waals surface area contributed by atoms with Crippen LogP contribution in [0.25, 0.3) is 10.1 Å². The minimum atomic E-state index is -0.0660. The Morgan fingerprint density at radius 2 is 2.07 bits per heavy atom. The zero-order valence-corrected chi connectivity index (χ0v) is 15.6. The van der Waals surface area contributed by atoms with Gasteiger partial charge in [-0.1, -0.05) is 30.0 Å². The summed E-state index contributed by atoms with van der Waals surface area (Å²) in [7, 11) is 0. The number of rotatable bonds is 2. The lowest BCUT2D eigenvalue weighted by atomic mass is 10.00. The average Bonchev–Trinajstić information content (AvgIpc) is 3.42. The highest BCUT2D eigenvalue weighted by atomic mass is 32.1. The van der Waals surface area contributed by atoms with Crippen LogP contribution < -0.4 is 5.32 Å². The van der Waals surface area contributed by atoms with Gasteiger partial charge in [-0.05, 0) is 37.1 Å². The number of aromatic nitrogens is 1. The van der Waals surface area contributed by atoms with Crippen molar-refractivity contribution in [2.75, 3.05) is 19.6 Å². The molecule has 4 heterocycles. The van der Waals surface area contributed by atoms with Gasteiger partial charge in [0.25, 0.3) is 5.91 Å². The number of hydrogen-bond acceptors (Lipinski definition) is 4. The largest absolute Gasteiger partial charge is 0.346 e. The van der Waals surface area contributed by atoms with Crippen molar-refractivity contribution in [3.05, 3.63) is 64.8 Å². The number of nitrogens with one attached hydrogen (secondary N) is 1. The topological polar surface area (TPSA) is 45.2 Å². The minimum absolute atomic E-state index is 0.0660. The Kier molecular flexibility index (Phi) is 4.16. The zero-order valence-electron chi connectivity index (χ0n) is 14.8. The summed E-state index contributed by atoms with van der Waals surface area (Å²) in [6, 6.07) is 12.1. The quantitative estimate of drug-likeness (QED) is 0.702. The van der Waals surface area contributed by atoms with E-state index in [9.17, 15) is 4.79 Å². The third kappa shape index (κ3) is 3.12. The van der Waals surface area contributed by atoms with Gasteiger partial charge in [0, 0.05) is 47.2 Å². The molecular weight excluding hydrogens is 354 g/mol. The van der Waals surface area contributed by atoms with Gasteiger partial charge in [-0.25, -0.2) is 4.98 Å². The highest BCUT2D eigenvalue weighted by Gasteiger charge is 2.38. The van der Waals surface area contributed by atoms with E-state index in [-0.39, 0.29) is 11.9 Å². The highest BCUT2D eigenvalue weighted by Crippen LogP contribution is 2.30. The molecule has 134 valence electrons. The van der Waals surface area contributed by atoms with Crippen molar-refractivity contribution in [1.82, 2.24) is 15.2 Å². The van der Waals surface area contributed by atoms with Crippen molar-refractivity contribution in [3.63, 3.8) is 0 Å². The summed E-state index contributed by atoms with van der Waals surface area (Å²) in [4.78, 5) is 19.7. The lowest BCUT2D eigenvalue weighted by Crippen LogP contribution is -2.43. The Hall–Kier alpha value is -2.68. The number of benzene rings is 1. The molecule has 2 fully saturated rings. The number of pyridine rings is 1. The number of carbonyl (C=O) groups is 1. The summed E-state index contributed by atoms with van der Waals surface area (Å²) in [5.41, 5.74) is 2.44. The first kappa shape index (κ1) is 16.5. The molecule has 2 aliphatic heterocycles. The fraction of sp³-hybridized carbons (Fsp3) is 0.273. The molecule has 0 aliphatic carbocycles. The predicted molar refractivity (Wildman–Crippen MR) is 108 cm³/mol. The first-order valence-corrected chi connectivity index (χ1v) is 10.1. The van der Waals surface area contributed by atoms with Crippen LogP contribution in [0.15, 0.2) is 48.0 Å². The van der Waals surface area contributed by atoms with Crippen molar-refractivity contribution < 1.29 is 4.79 Å². The van der Waals surface area contributed by atoms with E-state index in [0.29, 0.717) is 11.6 Å². The molecule has 3 aromatic rings. The summed E-state index contributed by atoms with van der Waals surface area (Å²) >= 11 is 1.54. The van der Waals surface area contributed by atoms with Crippen LogP contribution in [0.3, 0.4) is 0 Å². The third-order valence-corrected chi connectivity index (χ3v) is 6.47. The van der Waals surface area contributed by atoms with Crippen LogP contribution in [0.1, 0.15) is 28.0 Å². The molecule has 5 rings (SSSR count). The highest BCUT2D eigenvalue weighted by molar-refractivity contribution is 7.17. The van der Waals surface area contributed by atoms with Crippen LogP contribution in [0.5, 0.6) is 0 Å². The lowest BCUT2D eigenvalue weighted by molar-refractivity contribution is 0.0921. The Morgan fingerprint density at radius 1 is 1.19 bits per heavy atom. The number of hydrogen-bond donors (Lipinski definition) is 1. The number of piperidine rings is 1. The molecule has 4 nitrogen and oxygen atoms in total. The van der Waals surface area contributed by atoms with Crippen molar-refractivity contribution in [2.45, 2.75) is 12.5 Å². The molecule has 2 aromatic heterocycles. The van der Waals surface area contributed by atoms with E-state index in [1.54, 1.807) is 17.5 Å². The molecule has 0 saturated carbocycles. The summed E-state index contributed by atoms with van der Waals surface area (Å²) in [5, 5.41) is 6.23. The Balaban J connectivity index is 1.42. The van der Waals surface area contributed by atoms with Crippen molar-refractivity contribution >= 4 is 27.3 Å². The molecular formula is C22H19N3OS.